The van der Waals surface area contributed by atoms with Gasteiger partial charge in [0.1, 0.15) is 18.5 Å². The quantitative estimate of drug-likeness (QED) is 0.289. The number of amides is 1. The predicted molar refractivity (Wildman–Crippen MR) is 151 cm³/mol. The first-order chi connectivity index (χ1) is 17.5. The zero-order chi connectivity index (χ0) is 26.8. The summed E-state index contributed by atoms with van der Waals surface area (Å²) in [7, 11) is -2.16. The summed E-state index contributed by atoms with van der Waals surface area (Å²) in [6.45, 7) is 15.7. The van der Waals surface area contributed by atoms with Crippen LogP contribution < -0.4 is 5.32 Å². The van der Waals surface area contributed by atoms with Gasteiger partial charge >= 0.3 is 6.09 Å². The molecular formula is C31H41NO4Si. The van der Waals surface area contributed by atoms with Crippen LogP contribution in [0.15, 0.2) is 71.3 Å². The number of furan rings is 1. The molecule has 0 saturated heterocycles. The highest BCUT2D eigenvalue weighted by Gasteiger charge is 2.42. The van der Waals surface area contributed by atoms with Crippen LogP contribution in [0.4, 0.5) is 4.79 Å². The zero-order valence-corrected chi connectivity index (χ0v) is 24.2. The van der Waals surface area contributed by atoms with Crippen LogP contribution in [0.1, 0.15) is 69.9 Å². The first-order valence-corrected chi connectivity index (χ1v) is 16.2. The van der Waals surface area contributed by atoms with Gasteiger partial charge in [0.15, 0.2) is 8.32 Å². The minimum Gasteiger partial charge on any atom is -0.467 e. The van der Waals surface area contributed by atoms with E-state index in [0.717, 1.165) is 12.2 Å². The third-order valence-corrected chi connectivity index (χ3v) is 12.2. The molecule has 1 heterocycles. The van der Waals surface area contributed by atoms with E-state index in [1.54, 1.807) is 6.26 Å². The number of hydrogen-bond acceptors (Lipinski definition) is 4. The Morgan fingerprint density at radius 1 is 0.973 bits per heavy atom. The summed E-state index contributed by atoms with van der Waals surface area (Å²) in [5.74, 6) is 1.10. The number of carbonyl (C=O) groups is 1. The lowest BCUT2D eigenvalue weighted by Crippen LogP contribution is -2.48. The Balaban J connectivity index is 1.52. The second kappa shape index (κ2) is 10.9. The molecule has 37 heavy (non-hydrogen) atoms. The molecule has 1 aliphatic carbocycles. The number of nitrogens with one attached hydrogen (secondary N) is 1. The van der Waals surface area contributed by atoms with Gasteiger partial charge < -0.3 is 18.9 Å². The molecule has 0 bridgehead atoms. The normalized spacial score (nSPS) is 15.2. The summed E-state index contributed by atoms with van der Waals surface area (Å²) in [5, 5.41) is 3.18. The number of alkyl carbamates (subject to hydrolysis) is 1. The van der Waals surface area contributed by atoms with Crippen LogP contribution >= 0.6 is 0 Å². The van der Waals surface area contributed by atoms with Crippen molar-refractivity contribution in [2.24, 2.45) is 5.92 Å². The molecule has 0 spiro atoms. The van der Waals surface area contributed by atoms with Crippen molar-refractivity contribution in [1.29, 1.82) is 0 Å². The van der Waals surface area contributed by atoms with E-state index in [2.05, 4.69) is 89.4 Å². The molecule has 1 aromatic heterocycles. The van der Waals surface area contributed by atoms with Crippen LogP contribution in [-0.2, 0) is 9.16 Å². The Kier molecular flexibility index (Phi) is 8.00. The van der Waals surface area contributed by atoms with Crippen LogP contribution in [0.2, 0.25) is 18.1 Å². The van der Waals surface area contributed by atoms with Gasteiger partial charge in [0, 0.05) is 5.92 Å². The van der Waals surface area contributed by atoms with Crippen molar-refractivity contribution >= 4 is 14.4 Å². The number of benzene rings is 2. The molecule has 1 aliphatic rings. The number of carbonyl (C=O) groups excluding carboxylic acids is 1. The minimum absolute atomic E-state index is 0.0178. The summed E-state index contributed by atoms with van der Waals surface area (Å²) < 4.78 is 18.6. The first-order valence-electron chi connectivity index (χ1n) is 13.3. The molecule has 5 nitrogen and oxygen atoms in total. The number of hydrogen-bond donors (Lipinski definition) is 1. The minimum atomic E-state index is -2.16. The first kappa shape index (κ1) is 27.2. The van der Waals surface area contributed by atoms with Gasteiger partial charge in [0.2, 0.25) is 0 Å². The molecule has 4 rings (SSSR count). The molecule has 198 valence electrons. The smallest absolute Gasteiger partial charge is 0.407 e. The summed E-state index contributed by atoms with van der Waals surface area (Å²) in [6.07, 6.45) is 1.59. The second-order valence-electron chi connectivity index (χ2n) is 12.0. The Hall–Kier alpha value is -2.83. The van der Waals surface area contributed by atoms with Gasteiger partial charge in [-0.2, -0.15) is 0 Å². The highest BCUT2D eigenvalue weighted by Crippen LogP contribution is 2.45. The molecule has 3 aromatic rings. The largest absolute Gasteiger partial charge is 0.467 e. The van der Waals surface area contributed by atoms with Crippen LogP contribution in [0.3, 0.4) is 0 Å². The summed E-state index contributed by atoms with van der Waals surface area (Å²) in [5.41, 5.74) is 4.82. The molecule has 2 atom stereocenters. The molecule has 0 aliphatic heterocycles. The lowest BCUT2D eigenvalue weighted by molar-refractivity contribution is 0.0889. The van der Waals surface area contributed by atoms with Crippen LogP contribution in [-0.4, -0.2) is 27.1 Å². The third kappa shape index (κ3) is 6.02. The number of ether oxygens (including phenoxy) is 1. The Bertz CT molecular complexity index is 1150. The van der Waals surface area contributed by atoms with E-state index < -0.39 is 20.5 Å². The fourth-order valence-corrected chi connectivity index (χ4v) is 6.11. The van der Waals surface area contributed by atoms with Crippen molar-refractivity contribution in [2.45, 2.75) is 77.2 Å². The van der Waals surface area contributed by atoms with Crippen molar-refractivity contribution in [2.75, 3.05) is 6.61 Å². The van der Waals surface area contributed by atoms with Crippen molar-refractivity contribution in [3.63, 3.8) is 0 Å². The molecular weight excluding hydrogens is 478 g/mol. The fraction of sp³-hybridized carbons (Fsp3) is 0.452. The standard InChI is InChI=1S/C31H41NO4Si/c1-21(2)19-27(29(28-17-12-18-34-28)36-37(6,7)31(3,4)5)32-30(33)35-20-26-24-15-10-8-13-22(24)23-14-9-11-16-25(23)26/h8-18,21,26-27,29H,19-20H2,1-7H3,(H,32,33)/t27-,29-/m0/s1. The van der Waals surface area contributed by atoms with Gasteiger partial charge in [0.25, 0.3) is 0 Å². The molecule has 1 amide bonds. The molecule has 0 saturated carbocycles. The van der Waals surface area contributed by atoms with Gasteiger partial charge in [-0.15, -0.1) is 0 Å². The molecule has 0 fully saturated rings. The van der Waals surface area contributed by atoms with E-state index in [9.17, 15) is 4.79 Å². The van der Waals surface area contributed by atoms with Crippen molar-refractivity contribution in [3.8, 4) is 11.1 Å². The monoisotopic (exact) mass is 519 g/mol. The SMILES string of the molecule is CC(C)C[C@H](NC(=O)OCC1c2ccccc2-c2ccccc21)[C@H](O[Si](C)(C)C(C)(C)C)c1ccco1. The van der Waals surface area contributed by atoms with Gasteiger partial charge in [-0.3, -0.25) is 0 Å². The van der Waals surface area contributed by atoms with Crippen molar-refractivity contribution < 1.29 is 18.4 Å². The van der Waals surface area contributed by atoms with Crippen LogP contribution in [0.5, 0.6) is 0 Å². The van der Waals surface area contributed by atoms with Gasteiger partial charge in [-0.1, -0.05) is 83.1 Å². The van der Waals surface area contributed by atoms with E-state index in [1.165, 1.54) is 22.3 Å². The molecule has 6 heteroatoms. The molecule has 0 radical (unpaired) electrons. The number of fused-ring (bicyclic) bond motifs is 3. The Morgan fingerprint density at radius 2 is 1.57 bits per heavy atom. The maximum absolute atomic E-state index is 13.2. The zero-order valence-electron chi connectivity index (χ0n) is 23.2. The highest BCUT2D eigenvalue weighted by atomic mass is 28.4. The van der Waals surface area contributed by atoms with Gasteiger partial charge in [-0.25, -0.2) is 4.79 Å². The Morgan fingerprint density at radius 3 is 2.08 bits per heavy atom. The highest BCUT2D eigenvalue weighted by molar-refractivity contribution is 6.74. The maximum atomic E-state index is 13.2. The third-order valence-electron chi connectivity index (χ3n) is 7.79. The summed E-state index contributed by atoms with van der Waals surface area (Å²) >= 11 is 0. The van der Waals surface area contributed by atoms with E-state index in [1.807, 2.05) is 24.3 Å². The Labute approximate surface area is 222 Å². The lowest BCUT2D eigenvalue weighted by atomic mass is 9.97. The van der Waals surface area contributed by atoms with Crippen molar-refractivity contribution in [3.05, 3.63) is 83.8 Å². The van der Waals surface area contributed by atoms with E-state index >= 15 is 0 Å². The average molecular weight is 520 g/mol. The molecule has 2 aromatic carbocycles. The van der Waals surface area contributed by atoms with Crippen LogP contribution in [0.25, 0.3) is 11.1 Å². The van der Waals surface area contributed by atoms with Gasteiger partial charge in [0.05, 0.1) is 12.3 Å². The molecule has 0 unspecified atom stereocenters. The molecule has 1 N–H and O–H groups in total. The van der Waals surface area contributed by atoms with Gasteiger partial charge in [-0.05, 0) is 64.9 Å². The van der Waals surface area contributed by atoms with E-state index in [0.29, 0.717) is 5.92 Å². The maximum Gasteiger partial charge on any atom is 0.407 e. The fourth-order valence-electron chi connectivity index (χ4n) is 4.84. The number of rotatable bonds is 9. The summed E-state index contributed by atoms with van der Waals surface area (Å²) in [6, 6.07) is 20.3. The topological polar surface area (TPSA) is 60.7 Å². The van der Waals surface area contributed by atoms with Crippen LogP contribution in [0, 0.1) is 5.92 Å². The lowest BCUT2D eigenvalue weighted by Gasteiger charge is -2.41. The second-order valence-corrected chi connectivity index (χ2v) is 16.8. The predicted octanol–water partition coefficient (Wildman–Crippen LogP) is 8.30. The average Bonchev–Trinajstić information content (AvgIpc) is 3.47. The summed E-state index contributed by atoms with van der Waals surface area (Å²) in [4.78, 5) is 13.2. The van der Waals surface area contributed by atoms with E-state index in [4.69, 9.17) is 13.6 Å². The van der Waals surface area contributed by atoms with Crippen molar-refractivity contribution in [1.82, 2.24) is 5.32 Å². The van der Waals surface area contributed by atoms with E-state index in [-0.39, 0.29) is 23.6 Å².